The van der Waals surface area contributed by atoms with Gasteiger partial charge >= 0.3 is 22.2 Å². The van der Waals surface area contributed by atoms with Crippen LogP contribution in [0.4, 0.5) is 10.5 Å². The number of esters is 1. The van der Waals surface area contributed by atoms with Gasteiger partial charge in [-0.15, -0.1) is 11.3 Å². The van der Waals surface area contributed by atoms with Crippen LogP contribution in [0.25, 0.3) is 10.2 Å². The predicted molar refractivity (Wildman–Crippen MR) is 211 cm³/mol. The smallest absolute Gasteiger partial charge is 0.448 e. The van der Waals surface area contributed by atoms with Gasteiger partial charge in [-0.3, -0.25) is 14.9 Å². The van der Waals surface area contributed by atoms with Gasteiger partial charge in [0.05, 0.1) is 28.0 Å². The van der Waals surface area contributed by atoms with Gasteiger partial charge < -0.3 is 23.3 Å². The molecule has 1 amide bonds. The van der Waals surface area contributed by atoms with E-state index in [-0.39, 0.29) is 36.9 Å². The van der Waals surface area contributed by atoms with Crippen molar-refractivity contribution in [1.82, 2.24) is 9.88 Å². The van der Waals surface area contributed by atoms with Crippen molar-refractivity contribution in [2.45, 2.75) is 35.6 Å². The van der Waals surface area contributed by atoms with E-state index in [1.54, 1.807) is 24.3 Å². The van der Waals surface area contributed by atoms with Crippen LogP contribution in [-0.2, 0) is 51.1 Å². The Morgan fingerprint density at radius 2 is 1.62 bits per heavy atom. The van der Waals surface area contributed by atoms with Gasteiger partial charge in [-0.25, -0.2) is 14.6 Å². The number of nitrogens with zero attached hydrogens (tertiary/aromatic N) is 3. The van der Waals surface area contributed by atoms with E-state index < -0.39 is 44.4 Å². The van der Waals surface area contributed by atoms with Gasteiger partial charge in [-0.1, -0.05) is 83.6 Å². The second-order valence-electron chi connectivity index (χ2n) is 12.2. The zero-order chi connectivity index (χ0) is 39.8. The molecule has 18 heteroatoms. The number of ether oxygens (including phenoxy) is 3. The Kier molecular flexibility index (Phi) is 12.9. The van der Waals surface area contributed by atoms with E-state index in [0.717, 1.165) is 22.0 Å². The quantitative estimate of drug-likeness (QED) is 0.0139. The minimum absolute atomic E-state index is 0.0254. The number of likely N-dealkylation sites (tertiary alicyclic amines) is 1. The SMILES string of the molecule is CC(OS(C)(=O)=O)=C(C(=O)OC(c1ccccc1)c1ccccc1)N1C[C@H](SSc2nc3c(CCOC(=O)OCc4ccc([N+](=O)[O-])cc4)cccc3s2)C1=O. The molecule has 1 atom stereocenters. The molecule has 5 aromatic rings. The number of amides is 1. The molecule has 1 aromatic heterocycles. The van der Waals surface area contributed by atoms with Crippen LogP contribution >= 0.6 is 32.9 Å². The zero-order valence-corrected chi connectivity index (χ0v) is 33.0. The van der Waals surface area contributed by atoms with E-state index in [2.05, 4.69) is 0 Å². The molecule has 56 heavy (non-hydrogen) atoms. The molecule has 0 radical (unpaired) electrons. The summed E-state index contributed by atoms with van der Waals surface area (Å²) in [6.45, 7) is 1.31. The van der Waals surface area contributed by atoms with Gasteiger partial charge in [0.2, 0.25) is 5.91 Å². The Morgan fingerprint density at radius 3 is 2.23 bits per heavy atom. The Balaban J connectivity index is 1.06. The highest BCUT2D eigenvalue weighted by Crippen LogP contribution is 2.43. The summed E-state index contributed by atoms with van der Waals surface area (Å²) >= 11 is 1.42. The summed E-state index contributed by atoms with van der Waals surface area (Å²) in [5.74, 6) is -1.64. The monoisotopic (exact) mass is 835 g/mol. The Hall–Kier alpha value is -5.43. The molecule has 4 aromatic carbocycles. The maximum atomic E-state index is 13.8. The first-order valence-electron chi connectivity index (χ1n) is 16.8. The minimum atomic E-state index is -4.04. The van der Waals surface area contributed by atoms with Crippen LogP contribution in [0.3, 0.4) is 0 Å². The molecule has 0 spiro atoms. The fourth-order valence-corrected chi connectivity index (χ4v) is 9.82. The number of fused-ring (bicyclic) bond motifs is 1. The first-order valence-corrected chi connectivity index (χ1v) is 21.7. The third-order valence-electron chi connectivity index (χ3n) is 8.21. The highest BCUT2D eigenvalue weighted by molar-refractivity contribution is 8.77. The molecule has 14 nitrogen and oxygen atoms in total. The van der Waals surface area contributed by atoms with Crippen molar-refractivity contribution in [2.24, 2.45) is 0 Å². The van der Waals surface area contributed by atoms with Gasteiger partial charge in [0.15, 0.2) is 16.1 Å². The number of carbonyl (C=O) groups excluding carboxylic acids is 3. The lowest BCUT2D eigenvalue weighted by molar-refractivity contribution is -0.384. The predicted octanol–water partition coefficient (Wildman–Crippen LogP) is 7.59. The number of aromatic nitrogens is 1. The van der Waals surface area contributed by atoms with Crippen LogP contribution in [0.2, 0.25) is 0 Å². The summed E-state index contributed by atoms with van der Waals surface area (Å²) in [5.41, 5.74) is 3.12. The molecule has 1 aliphatic heterocycles. The van der Waals surface area contributed by atoms with Crippen molar-refractivity contribution in [3.8, 4) is 0 Å². The molecule has 0 unspecified atom stereocenters. The van der Waals surface area contributed by atoms with Crippen molar-refractivity contribution in [2.75, 3.05) is 19.4 Å². The number of carbonyl (C=O) groups is 3. The average molecular weight is 836 g/mol. The van der Waals surface area contributed by atoms with Gasteiger partial charge in [0, 0.05) is 25.1 Å². The number of allylic oxidation sites excluding steroid dienone is 1. The summed E-state index contributed by atoms with van der Waals surface area (Å²) in [4.78, 5) is 55.8. The largest absolute Gasteiger partial charge is 0.508 e. The maximum Gasteiger partial charge on any atom is 0.508 e. The number of β-lactam (4-membered cyclic amide) rings is 1. The number of hydrogen-bond donors (Lipinski definition) is 0. The van der Waals surface area contributed by atoms with Gasteiger partial charge in [0.25, 0.3) is 5.69 Å². The van der Waals surface area contributed by atoms with E-state index in [4.69, 9.17) is 23.4 Å². The first-order chi connectivity index (χ1) is 26.9. The minimum Gasteiger partial charge on any atom is -0.448 e. The summed E-state index contributed by atoms with van der Waals surface area (Å²) in [6, 6.07) is 29.4. The second-order valence-corrected chi connectivity index (χ2v) is 17.5. The Bertz CT molecular complexity index is 2330. The first kappa shape index (κ1) is 40.2. The topological polar surface area (TPSA) is 182 Å². The van der Waals surface area contributed by atoms with Crippen molar-refractivity contribution in [3.05, 3.63) is 147 Å². The van der Waals surface area contributed by atoms with E-state index in [1.165, 1.54) is 69.0 Å². The highest BCUT2D eigenvalue weighted by Gasteiger charge is 2.44. The summed E-state index contributed by atoms with van der Waals surface area (Å²) in [6.07, 6.45) is -0.518. The molecule has 0 saturated carbocycles. The van der Waals surface area contributed by atoms with Crippen molar-refractivity contribution < 1.29 is 46.1 Å². The number of non-ortho nitro benzene ring substituents is 1. The van der Waals surface area contributed by atoms with Crippen LogP contribution in [-0.4, -0.2) is 65.9 Å². The van der Waals surface area contributed by atoms with E-state index in [1.807, 2.05) is 54.6 Å². The lowest BCUT2D eigenvalue weighted by Gasteiger charge is -2.38. The molecular formula is C38H33N3O11S4. The van der Waals surface area contributed by atoms with Crippen LogP contribution < -0.4 is 0 Å². The lowest BCUT2D eigenvalue weighted by Crippen LogP contribution is -2.55. The van der Waals surface area contributed by atoms with Crippen LogP contribution in [0.5, 0.6) is 0 Å². The standard InChI is InChI=1S/C38H33N3O11S4/c1-24(52-56(2,47)48)33(36(43)51-34(27-10-5-3-6-11-27)28-12-7-4-8-13-28)40-22-31(35(40)42)54-55-37-39-32-26(14-9-15-30(32)53-37)20-21-49-38(44)50-23-25-16-18-29(19-17-25)41(45)46/h3-19,31,34H,20-23H2,1-2H3/t31-/m0/s1. The normalized spacial score (nSPS) is 14.5. The summed E-state index contributed by atoms with van der Waals surface area (Å²) in [7, 11) is -1.48. The summed E-state index contributed by atoms with van der Waals surface area (Å²) in [5, 5.41) is 10.2. The van der Waals surface area contributed by atoms with Crippen molar-refractivity contribution in [1.29, 1.82) is 0 Å². The van der Waals surface area contributed by atoms with Crippen LogP contribution in [0.1, 0.15) is 35.3 Å². The van der Waals surface area contributed by atoms with E-state index >= 15 is 0 Å². The molecular weight excluding hydrogens is 803 g/mol. The van der Waals surface area contributed by atoms with Gasteiger partial charge in [-0.2, -0.15) is 8.42 Å². The zero-order valence-electron chi connectivity index (χ0n) is 29.8. The number of benzene rings is 4. The van der Waals surface area contributed by atoms with E-state index in [0.29, 0.717) is 27.5 Å². The molecule has 0 bridgehead atoms. The molecule has 2 heterocycles. The fourth-order valence-electron chi connectivity index (χ4n) is 5.59. The number of nitro benzene ring substituents is 1. The van der Waals surface area contributed by atoms with Crippen LogP contribution in [0.15, 0.2) is 119 Å². The van der Waals surface area contributed by atoms with Crippen molar-refractivity contribution >= 4 is 77.0 Å². The molecule has 1 saturated heterocycles. The molecule has 0 N–H and O–H groups in total. The molecule has 0 aliphatic carbocycles. The molecule has 1 fully saturated rings. The highest BCUT2D eigenvalue weighted by atomic mass is 33.1. The van der Waals surface area contributed by atoms with Crippen LogP contribution in [0, 0.1) is 10.1 Å². The molecule has 1 aliphatic rings. The number of hydrogen-bond acceptors (Lipinski definition) is 15. The van der Waals surface area contributed by atoms with Gasteiger partial charge in [-0.05, 0) is 58.2 Å². The maximum absolute atomic E-state index is 13.8. The number of para-hydroxylation sites is 1. The second kappa shape index (κ2) is 18.0. The van der Waals surface area contributed by atoms with Crippen molar-refractivity contribution in [3.63, 3.8) is 0 Å². The molecule has 6 rings (SSSR count). The number of rotatable bonds is 16. The van der Waals surface area contributed by atoms with Gasteiger partial charge in [0.1, 0.15) is 17.6 Å². The number of nitro groups is 1. The van der Waals surface area contributed by atoms with E-state index in [9.17, 15) is 32.9 Å². The average Bonchev–Trinajstić information content (AvgIpc) is 3.61. The third kappa shape index (κ3) is 10.2. The lowest BCUT2D eigenvalue weighted by atomic mass is 10.0. The molecule has 290 valence electrons. The number of thiazole rings is 1. The third-order valence-corrected chi connectivity index (χ3v) is 12.8. The Morgan fingerprint density at radius 1 is 0.964 bits per heavy atom. The summed E-state index contributed by atoms with van der Waals surface area (Å²) < 4.78 is 47.2. The fraction of sp³-hybridized carbons (Fsp3) is 0.211. The Labute approximate surface area is 333 Å².